The standard InChI is InChI=1S/C54H36N2O4.C2H6/c57-53-49-50(52(60-53)42-27-23-38(24-28-42)40-31-35-48(36-32-40)56(45-17-9-3-10-18-45)46-19-11-4-12-20-46)54(58)59-51(49)41-25-21-37(22-26-41)39-29-33-47(34-30-39)55(43-13-5-1-6-14-43)44-15-7-2-8-16-44;1-2/h1-36H;1-2H3. The van der Waals surface area contributed by atoms with Crippen molar-refractivity contribution in [3.05, 3.63) is 241 Å². The minimum Gasteiger partial charge on any atom is -0.421 e. The van der Waals surface area contributed by atoms with E-state index >= 15 is 0 Å². The first-order valence-electron chi connectivity index (χ1n) is 20.7. The SMILES string of the molecule is CC.O=C1OC(c2ccc(-c3ccc(N(c4ccccc4)c4ccccc4)cc3)cc2)=C2C(=O)OC(c3ccc(-c4ccc(N(c5ccccc5)c5ccccc5)cc4)cc3)=C12. The van der Waals surface area contributed by atoms with Crippen LogP contribution in [0.25, 0.3) is 33.8 Å². The molecular weight excluding hydrogens is 765 g/mol. The summed E-state index contributed by atoms with van der Waals surface area (Å²) in [4.78, 5) is 31.2. The second-order valence-electron chi connectivity index (χ2n) is 14.4. The Hall–Kier alpha value is -8.22. The number of esters is 2. The molecule has 0 saturated heterocycles. The summed E-state index contributed by atoms with van der Waals surface area (Å²) in [7, 11) is 0. The van der Waals surface area contributed by atoms with E-state index < -0.39 is 11.9 Å². The molecule has 0 N–H and O–H groups in total. The van der Waals surface area contributed by atoms with Gasteiger partial charge in [0, 0.05) is 45.3 Å². The van der Waals surface area contributed by atoms with Crippen molar-refractivity contribution in [3.63, 3.8) is 0 Å². The predicted octanol–water partition coefficient (Wildman–Crippen LogP) is 14.2. The number of carbonyl (C=O) groups is 2. The van der Waals surface area contributed by atoms with Gasteiger partial charge in [0.05, 0.1) is 0 Å². The lowest BCUT2D eigenvalue weighted by molar-refractivity contribution is -0.131. The second-order valence-corrected chi connectivity index (χ2v) is 14.4. The molecule has 2 aliphatic rings. The fraction of sp³-hybridized carbons (Fsp3) is 0.0357. The molecule has 2 aliphatic heterocycles. The molecule has 0 aromatic heterocycles. The molecule has 62 heavy (non-hydrogen) atoms. The smallest absolute Gasteiger partial charge is 0.348 e. The first-order valence-corrected chi connectivity index (χ1v) is 20.7. The second kappa shape index (κ2) is 17.6. The van der Waals surface area contributed by atoms with Gasteiger partial charge in [-0.15, -0.1) is 0 Å². The highest BCUT2D eigenvalue weighted by atomic mass is 16.6. The van der Waals surface area contributed by atoms with Crippen molar-refractivity contribution in [2.45, 2.75) is 13.8 Å². The molecule has 10 rings (SSSR count). The summed E-state index contributed by atoms with van der Waals surface area (Å²) in [6.07, 6.45) is 0. The fourth-order valence-corrected chi connectivity index (χ4v) is 7.85. The number of para-hydroxylation sites is 4. The fourth-order valence-electron chi connectivity index (χ4n) is 7.85. The highest BCUT2D eigenvalue weighted by Crippen LogP contribution is 2.44. The van der Waals surface area contributed by atoms with E-state index in [9.17, 15) is 9.59 Å². The Morgan fingerprint density at radius 1 is 0.274 bits per heavy atom. The van der Waals surface area contributed by atoms with Crippen LogP contribution in [0.1, 0.15) is 25.0 Å². The maximum atomic E-state index is 13.4. The molecule has 0 saturated carbocycles. The van der Waals surface area contributed by atoms with Gasteiger partial charge in [0.25, 0.3) is 0 Å². The summed E-state index contributed by atoms with van der Waals surface area (Å²) >= 11 is 0. The van der Waals surface area contributed by atoms with Gasteiger partial charge in [-0.25, -0.2) is 9.59 Å². The van der Waals surface area contributed by atoms with Crippen LogP contribution < -0.4 is 9.80 Å². The van der Waals surface area contributed by atoms with E-state index in [-0.39, 0.29) is 22.7 Å². The van der Waals surface area contributed by atoms with Gasteiger partial charge in [0.2, 0.25) is 0 Å². The molecule has 2 heterocycles. The summed E-state index contributed by atoms with van der Waals surface area (Å²) < 4.78 is 11.5. The average molecular weight is 807 g/mol. The number of nitrogens with zero attached hydrogens (tertiary/aromatic N) is 2. The Kier molecular flexibility index (Phi) is 11.1. The molecule has 300 valence electrons. The molecule has 0 radical (unpaired) electrons. The van der Waals surface area contributed by atoms with Crippen molar-refractivity contribution in [2.24, 2.45) is 0 Å². The van der Waals surface area contributed by atoms with Crippen molar-refractivity contribution in [1.82, 2.24) is 0 Å². The Bertz CT molecular complexity index is 2610. The van der Waals surface area contributed by atoms with Crippen LogP contribution in [0.15, 0.2) is 230 Å². The Morgan fingerprint density at radius 2 is 0.484 bits per heavy atom. The zero-order chi connectivity index (χ0) is 42.4. The van der Waals surface area contributed by atoms with E-state index in [0.717, 1.165) is 56.4 Å². The van der Waals surface area contributed by atoms with Crippen LogP contribution in [0.2, 0.25) is 0 Å². The van der Waals surface area contributed by atoms with E-state index in [2.05, 4.69) is 107 Å². The van der Waals surface area contributed by atoms with E-state index in [1.165, 1.54) is 0 Å². The van der Waals surface area contributed by atoms with Crippen LogP contribution in [0.3, 0.4) is 0 Å². The first-order chi connectivity index (χ1) is 30.6. The molecule has 8 aromatic carbocycles. The quantitative estimate of drug-likeness (QED) is 0.128. The third-order valence-corrected chi connectivity index (χ3v) is 10.8. The van der Waals surface area contributed by atoms with Crippen LogP contribution >= 0.6 is 0 Å². The first kappa shape index (κ1) is 39.3. The summed E-state index contributed by atoms with van der Waals surface area (Å²) in [6.45, 7) is 4.00. The summed E-state index contributed by atoms with van der Waals surface area (Å²) in [6, 6.07) is 73.2. The Labute approximate surface area is 361 Å². The maximum absolute atomic E-state index is 13.4. The molecule has 6 heteroatoms. The number of carbonyl (C=O) groups excluding carboxylic acids is 2. The van der Waals surface area contributed by atoms with Gasteiger partial charge in [0.1, 0.15) is 11.1 Å². The number of hydrogen-bond donors (Lipinski definition) is 0. The maximum Gasteiger partial charge on any atom is 0.348 e. The van der Waals surface area contributed by atoms with Crippen LogP contribution in [0.5, 0.6) is 0 Å². The number of anilines is 6. The third kappa shape index (κ3) is 7.69. The number of hydrogen-bond acceptors (Lipinski definition) is 6. The van der Waals surface area contributed by atoms with Crippen molar-refractivity contribution < 1.29 is 19.1 Å². The number of cyclic esters (lactones) is 2. The van der Waals surface area contributed by atoms with Gasteiger partial charge in [-0.2, -0.15) is 0 Å². The van der Waals surface area contributed by atoms with Gasteiger partial charge in [-0.1, -0.05) is 159 Å². The van der Waals surface area contributed by atoms with Crippen molar-refractivity contribution in [2.75, 3.05) is 9.80 Å². The molecular formula is C56H42N2O4. The lowest BCUT2D eigenvalue weighted by Gasteiger charge is -2.25. The van der Waals surface area contributed by atoms with Gasteiger partial charge in [0.15, 0.2) is 11.5 Å². The minimum absolute atomic E-state index is 0.148. The van der Waals surface area contributed by atoms with Crippen molar-refractivity contribution in [3.8, 4) is 22.3 Å². The molecule has 0 unspecified atom stereocenters. The van der Waals surface area contributed by atoms with E-state index in [1.54, 1.807) is 0 Å². The zero-order valence-electron chi connectivity index (χ0n) is 34.3. The van der Waals surface area contributed by atoms with E-state index in [4.69, 9.17) is 9.47 Å². The van der Waals surface area contributed by atoms with E-state index in [1.807, 2.05) is 135 Å². The summed E-state index contributed by atoms with van der Waals surface area (Å²) in [5.74, 6) is -0.809. The number of ether oxygens (including phenoxy) is 2. The van der Waals surface area contributed by atoms with Gasteiger partial charge in [-0.3, -0.25) is 0 Å². The normalized spacial score (nSPS) is 12.9. The molecule has 0 aliphatic carbocycles. The lowest BCUT2D eigenvalue weighted by Crippen LogP contribution is -2.09. The number of fused-ring (bicyclic) bond motifs is 1. The third-order valence-electron chi connectivity index (χ3n) is 10.8. The average Bonchev–Trinajstić information content (AvgIpc) is 3.88. The molecule has 0 bridgehead atoms. The van der Waals surface area contributed by atoms with Crippen molar-refractivity contribution in [1.29, 1.82) is 0 Å². The van der Waals surface area contributed by atoms with Gasteiger partial charge >= 0.3 is 11.9 Å². The lowest BCUT2D eigenvalue weighted by atomic mass is 9.98. The monoisotopic (exact) mass is 806 g/mol. The van der Waals surface area contributed by atoms with Crippen LogP contribution in [0, 0.1) is 0 Å². The Morgan fingerprint density at radius 3 is 0.742 bits per heavy atom. The molecule has 0 spiro atoms. The zero-order valence-corrected chi connectivity index (χ0v) is 34.3. The molecule has 6 nitrogen and oxygen atoms in total. The van der Waals surface area contributed by atoms with Gasteiger partial charge in [-0.05, 0) is 95.1 Å². The Balaban J connectivity index is 0.00000242. The number of benzene rings is 8. The van der Waals surface area contributed by atoms with Crippen LogP contribution in [-0.2, 0) is 19.1 Å². The molecule has 0 fully saturated rings. The van der Waals surface area contributed by atoms with E-state index in [0.29, 0.717) is 11.1 Å². The topological polar surface area (TPSA) is 59.1 Å². The predicted molar refractivity (Wildman–Crippen MR) is 250 cm³/mol. The highest BCUT2D eigenvalue weighted by molar-refractivity contribution is 6.24. The van der Waals surface area contributed by atoms with Crippen LogP contribution in [-0.4, -0.2) is 11.9 Å². The number of rotatable bonds is 10. The molecule has 8 aromatic rings. The highest BCUT2D eigenvalue weighted by Gasteiger charge is 2.45. The molecule has 0 atom stereocenters. The van der Waals surface area contributed by atoms with Gasteiger partial charge < -0.3 is 19.3 Å². The van der Waals surface area contributed by atoms with Crippen LogP contribution in [0.4, 0.5) is 34.1 Å². The largest absolute Gasteiger partial charge is 0.421 e. The molecule has 0 amide bonds. The summed E-state index contributed by atoms with van der Waals surface area (Å²) in [5, 5.41) is 0. The summed E-state index contributed by atoms with van der Waals surface area (Å²) in [5.41, 5.74) is 11.9. The van der Waals surface area contributed by atoms with Crippen molar-refractivity contribution >= 4 is 57.6 Å². The minimum atomic E-state index is -0.608.